The van der Waals surface area contributed by atoms with Gasteiger partial charge in [0.15, 0.2) is 0 Å². The SMILES string of the molecule is O=C(NC1CCCC1)[C@H](Cc1ccccc1)N(Cc1cccc(Cl)c1)C(=O)Cc1ccc(Cl)cc1. The van der Waals surface area contributed by atoms with Gasteiger partial charge in [0.05, 0.1) is 6.42 Å². The fraction of sp³-hybridized carbons (Fsp3) is 0.310. The average Bonchev–Trinajstić information content (AvgIpc) is 3.36. The lowest BCUT2D eigenvalue weighted by Gasteiger charge is -2.32. The van der Waals surface area contributed by atoms with Crippen molar-refractivity contribution in [1.29, 1.82) is 0 Å². The molecule has 0 aromatic heterocycles. The first-order valence-electron chi connectivity index (χ1n) is 12.1. The smallest absolute Gasteiger partial charge is 0.243 e. The van der Waals surface area contributed by atoms with Gasteiger partial charge in [-0.2, -0.15) is 0 Å². The Labute approximate surface area is 217 Å². The molecule has 6 heteroatoms. The van der Waals surface area contributed by atoms with E-state index in [1.807, 2.05) is 60.7 Å². The van der Waals surface area contributed by atoms with Gasteiger partial charge in [-0.25, -0.2) is 0 Å². The largest absolute Gasteiger partial charge is 0.352 e. The van der Waals surface area contributed by atoms with E-state index >= 15 is 0 Å². The molecule has 35 heavy (non-hydrogen) atoms. The molecule has 2 amide bonds. The zero-order valence-electron chi connectivity index (χ0n) is 19.6. The van der Waals surface area contributed by atoms with Crippen LogP contribution in [0.4, 0.5) is 0 Å². The maximum absolute atomic E-state index is 13.7. The number of carbonyl (C=O) groups excluding carboxylic acids is 2. The van der Waals surface area contributed by atoms with Crippen LogP contribution < -0.4 is 5.32 Å². The maximum atomic E-state index is 13.7. The second-order valence-electron chi connectivity index (χ2n) is 9.15. The van der Waals surface area contributed by atoms with Crippen LogP contribution in [-0.4, -0.2) is 28.8 Å². The van der Waals surface area contributed by atoms with E-state index in [1.165, 1.54) is 0 Å². The molecule has 3 aromatic rings. The summed E-state index contributed by atoms with van der Waals surface area (Å²) in [5.41, 5.74) is 2.74. The quantitative estimate of drug-likeness (QED) is 0.372. The Bertz CT molecular complexity index is 1130. The number of hydrogen-bond acceptors (Lipinski definition) is 2. The van der Waals surface area contributed by atoms with Crippen LogP contribution >= 0.6 is 23.2 Å². The highest BCUT2D eigenvalue weighted by Crippen LogP contribution is 2.22. The highest BCUT2D eigenvalue weighted by Gasteiger charge is 2.32. The van der Waals surface area contributed by atoms with E-state index in [2.05, 4.69) is 5.32 Å². The zero-order valence-corrected chi connectivity index (χ0v) is 21.1. The van der Waals surface area contributed by atoms with Crippen molar-refractivity contribution in [2.75, 3.05) is 0 Å². The molecule has 0 bridgehead atoms. The van der Waals surface area contributed by atoms with E-state index in [0.29, 0.717) is 23.0 Å². The second-order valence-corrected chi connectivity index (χ2v) is 10.0. The molecular formula is C29H30Cl2N2O2. The highest BCUT2D eigenvalue weighted by molar-refractivity contribution is 6.30. The van der Waals surface area contributed by atoms with Crippen molar-refractivity contribution in [3.8, 4) is 0 Å². The van der Waals surface area contributed by atoms with Crippen molar-refractivity contribution >= 4 is 35.0 Å². The Hall–Kier alpha value is -2.82. The molecule has 0 radical (unpaired) electrons. The molecule has 182 valence electrons. The number of nitrogens with one attached hydrogen (secondary N) is 1. The minimum atomic E-state index is -0.642. The summed E-state index contributed by atoms with van der Waals surface area (Å²) in [7, 11) is 0. The number of halogens is 2. The summed E-state index contributed by atoms with van der Waals surface area (Å²) in [4.78, 5) is 29.1. The minimum Gasteiger partial charge on any atom is -0.352 e. The Morgan fingerprint density at radius 2 is 1.51 bits per heavy atom. The van der Waals surface area contributed by atoms with E-state index < -0.39 is 6.04 Å². The predicted molar refractivity (Wildman–Crippen MR) is 141 cm³/mol. The Morgan fingerprint density at radius 1 is 0.829 bits per heavy atom. The number of carbonyl (C=O) groups is 2. The molecule has 1 fully saturated rings. The monoisotopic (exact) mass is 508 g/mol. The van der Waals surface area contributed by atoms with Gasteiger partial charge in [-0.15, -0.1) is 0 Å². The van der Waals surface area contributed by atoms with Crippen molar-refractivity contribution < 1.29 is 9.59 Å². The molecule has 1 aliphatic rings. The van der Waals surface area contributed by atoms with E-state index in [9.17, 15) is 9.59 Å². The van der Waals surface area contributed by atoms with E-state index in [-0.39, 0.29) is 24.3 Å². The molecular weight excluding hydrogens is 479 g/mol. The highest BCUT2D eigenvalue weighted by atomic mass is 35.5. The summed E-state index contributed by atoms with van der Waals surface area (Å²) in [6.07, 6.45) is 4.83. The van der Waals surface area contributed by atoms with Crippen LogP contribution in [0.5, 0.6) is 0 Å². The van der Waals surface area contributed by atoms with Crippen LogP contribution in [0.15, 0.2) is 78.9 Å². The van der Waals surface area contributed by atoms with Gasteiger partial charge in [0, 0.05) is 29.1 Å². The first-order chi connectivity index (χ1) is 17.0. The number of nitrogens with zero attached hydrogens (tertiary/aromatic N) is 1. The van der Waals surface area contributed by atoms with E-state index in [0.717, 1.165) is 42.4 Å². The molecule has 4 nitrogen and oxygen atoms in total. The first-order valence-corrected chi connectivity index (χ1v) is 12.9. The molecule has 0 saturated heterocycles. The molecule has 1 atom stereocenters. The fourth-order valence-corrected chi connectivity index (χ4v) is 4.97. The minimum absolute atomic E-state index is 0.104. The lowest BCUT2D eigenvalue weighted by atomic mass is 10.0. The maximum Gasteiger partial charge on any atom is 0.243 e. The third-order valence-corrected chi connectivity index (χ3v) is 6.97. The van der Waals surface area contributed by atoms with E-state index in [4.69, 9.17) is 23.2 Å². The van der Waals surface area contributed by atoms with Gasteiger partial charge in [-0.3, -0.25) is 9.59 Å². The van der Waals surface area contributed by atoms with Crippen LogP contribution in [-0.2, 0) is 29.0 Å². The van der Waals surface area contributed by atoms with Crippen molar-refractivity contribution in [3.63, 3.8) is 0 Å². The van der Waals surface area contributed by atoms with Crippen molar-refractivity contribution in [1.82, 2.24) is 10.2 Å². The summed E-state index contributed by atoms with van der Waals surface area (Å²) in [5.74, 6) is -0.220. The number of amides is 2. The Morgan fingerprint density at radius 3 is 2.20 bits per heavy atom. The summed E-state index contributed by atoms with van der Waals surface area (Å²) in [5, 5.41) is 4.45. The van der Waals surface area contributed by atoms with Gasteiger partial charge >= 0.3 is 0 Å². The zero-order chi connectivity index (χ0) is 24.6. The van der Waals surface area contributed by atoms with Crippen LogP contribution in [0.3, 0.4) is 0 Å². The molecule has 3 aromatic carbocycles. The Kier molecular flexibility index (Phi) is 8.84. The lowest BCUT2D eigenvalue weighted by molar-refractivity contribution is -0.141. The van der Waals surface area contributed by atoms with Gasteiger partial charge < -0.3 is 10.2 Å². The van der Waals surface area contributed by atoms with Crippen LogP contribution in [0.1, 0.15) is 42.4 Å². The first kappa shape index (κ1) is 25.3. The van der Waals surface area contributed by atoms with Crippen molar-refractivity contribution in [2.45, 2.75) is 57.2 Å². The van der Waals surface area contributed by atoms with Crippen LogP contribution in [0.25, 0.3) is 0 Å². The van der Waals surface area contributed by atoms with Crippen molar-refractivity contribution in [3.05, 3.63) is 106 Å². The lowest BCUT2D eigenvalue weighted by Crippen LogP contribution is -2.52. The fourth-order valence-electron chi connectivity index (χ4n) is 4.63. The van der Waals surface area contributed by atoms with Gasteiger partial charge in [0.1, 0.15) is 6.04 Å². The van der Waals surface area contributed by atoms with Crippen LogP contribution in [0, 0.1) is 0 Å². The molecule has 0 heterocycles. The molecule has 1 N–H and O–H groups in total. The topological polar surface area (TPSA) is 49.4 Å². The van der Waals surface area contributed by atoms with Crippen LogP contribution in [0.2, 0.25) is 10.0 Å². The summed E-state index contributed by atoms with van der Waals surface area (Å²) >= 11 is 12.3. The van der Waals surface area contributed by atoms with Gasteiger partial charge in [-0.1, -0.05) is 90.6 Å². The molecule has 1 saturated carbocycles. The summed E-state index contributed by atoms with van der Waals surface area (Å²) in [6, 6.07) is 24.1. The average molecular weight is 509 g/mol. The molecule has 1 aliphatic carbocycles. The van der Waals surface area contributed by atoms with E-state index in [1.54, 1.807) is 23.1 Å². The van der Waals surface area contributed by atoms with Gasteiger partial charge in [-0.05, 0) is 53.8 Å². The normalized spacial score (nSPS) is 14.5. The molecule has 0 aliphatic heterocycles. The van der Waals surface area contributed by atoms with Gasteiger partial charge in [0.25, 0.3) is 0 Å². The molecule has 0 unspecified atom stereocenters. The molecule has 0 spiro atoms. The standard InChI is InChI=1S/C29H30Cl2N2O2/c30-24-15-13-22(14-16-24)19-28(34)33(20-23-9-6-10-25(31)17-23)27(18-21-7-2-1-3-8-21)29(35)32-26-11-4-5-12-26/h1-3,6-10,13-17,26-27H,4-5,11-12,18-20H2,(H,32,35)/t27-/m0/s1. The third-order valence-electron chi connectivity index (χ3n) is 6.48. The number of benzene rings is 3. The number of rotatable bonds is 9. The predicted octanol–water partition coefficient (Wildman–Crippen LogP) is 6.23. The second kappa shape index (κ2) is 12.2. The molecule has 4 rings (SSSR count). The Balaban J connectivity index is 1.65. The number of hydrogen-bond donors (Lipinski definition) is 1. The third kappa shape index (κ3) is 7.33. The van der Waals surface area contributed by atoms with Crippen molar-refractivity contribution in [2.24, 2.45) is 0 Å². The summed E-state index contributed by atoms with van der Waals surface area (Å²) < 4.78 is 0. The van der Waals surface area contributed by atoms with Gasteiger partial charge in [0.2, 0.25) is 11.8 Å². The summed E-state index contributed by atoms with van der Waals surface area (Å²) in [6.45, 7) is 0.294.